The van der Waals surface area contributed by atoms with Gasteiger partial charge in [-0.1, -0.05) is 30.7 Å². The van der Waals surface area contributed by atoms with Gasteiger partial charge in [0.1, 0.15) is 5.82 Å². The molecule has 1 aliphatic heterocycles. The van der Waals surface area contributed by atoms with Crippen LogP contribution in [0, 0.1) is 11.7 Å². The first kappa shape index (κ1) is 14.8. The van der Waals surface area contributed by atoms with Crippen LogP contribution in [-0.4, -0.2) is 31.1 Å². The summed E-state index contributed by atoms with van der Waals surface area (Å²) in [5, 5.41) is 3.60. The van der Waals surface area contributed by atoms with E-state index < -0.39 is 0 Å². The molecule has 1 atom stereocenters. The van der Waals surface area contributed by atoms with E-state index in [4.69, 9.17) is 11.6 Å². The third kappa shape index (κ3) is 4.44. The standard InChI is InChI=1S/C15H22ClFN2/c1-12(11-19-7-2-3-8-19)9-18-10-13-5-4-6-14(17)15(13)16/h4-6,12,18H,2-3,7-11H2,1H3. The van der Waals surface area contributed by atoms with Gasteiger partial charge in [0.25, 0.3) is 0 Å². The molecule has 0 aromatic heterocycles. The normalized spacial score (nSPS) is 17.8. The van der Waals surface area contributed by atoms with Crippen LogP contribution in [0.3, 0.4) is 0 Å². The maximum Gasteiger partial charge on any atom is 0.142 e. The number of rotatable bonds is 6. The van der Waals surface area contributed by atoms with E-state index >= 15 is 0 Å². The van der Waals surface area contributed by atoms with E-state index in [2.05, 4.69) is 17.1 Å². The molecule has 1 aromatic rings. The Balaban J connectivity index is 1.72. The number of benzene rings is 1. The second-order valence-corrected chi connectivity index (χ2v) is 5.83. The molecule has 1 saturated heterocycles. The molecule has 19 heavy (non-hydrogen) atoms. The van der Waals surface area contributed by atoms with Gasteiger partial charge in [0.2, 0.25) is 0 Å². The molecule has 4 heteroatoms. The number of hydrogen-bond acceptors (Lipinski definition) is 2. The van der Waals surface area contributed by atoms with E-state index in [0.29, 0.717) is 12.5 Å². The monoisotopic (exact) mass is 284 g/mol. The topological polar surface area (TPSA) is 15.3 Å². The summed E-state index contributed by atoms with van der Waals surface area (Å²) in [4.78, 5) is 2.52. The fraction of sp³-hybridized carbons (Fsp3) is 0.600. The number of nitrogens with one attached hydrogen (secondary N) is 1. The Kier molecular flexibility index (Phi) is 5.61. The van der Waals surface area contributed by atoms with Crippen molar-refractivity contribution >= 4 is 11.6 Å². The van der Waals surface area contributed by atoms with Crippen LogP contribution in [0.5, 0.6) is 0 Å². The van der Waals surface area contributed by atoms with Gasteiger partial charge in [-0.25, -0.2) is 4.39 Å². The minimum atomic E-state index is -0.342. The molecule has 0 aliphatic carbocycles. The largest absolute Gasteiger partial charge is 0.312 e. The molecule has 0 radical (unpaired) electrons. The predicted octanol–water partition coefficient (Wildman–Crippen LogP) is 3.30. The highest BCUT2D eigenvalue weighted by Gasteiger charge is 2.14. The first-order valence-corrected chi connectivity index (χ1v) is 7.40. The van der Waals surface area contributed by atoms with Crippen molar-refractivity contribution in [1.29, 1.82) is 0 Å². The van der Waals surface area contributed by atoms with Crippen molar-refractivity contribution in [3.05, 3.63) is 34.6 Å². The van der Waals surface area contributed by atoms with Gasteiger partial charge in [0.15, 0.2) is 0 Å². The molecule has 1 fully saturated rings. The number of nitrogens with zero attached hydrogens (tertiary/aromatic N) is 1. The van der Waals surface area contributed by atoms with Crippen molar-refractivity contribution < 1.29 is 4.39 Å². The second kappa shape index (κ2) is 7.22. The zero-order valence-electron chi connectivity index (χ0n) is 11.5. The summed E-state index contributed by atoms with van der Waals surface area (Å²) < 4.78 is 13.3. The SMILES string of the molecule is CC(CNCc1cccc(F)c1Cl)CN1CCCC1. The van der Waals surface area contributed by atoms with Crippen LogP contribution in [0.2, 0.25) is 5.02 Å². The minimum Gasteiger partial charge on any atom is -0.312 e. The maximum atomic E-state index is 13.3. The van der Waals surface area contributed by atoms with Gasteiger partial charge in [-0.2, -0.15) is 0 Å². The molecule has 1 N–H and O–H groups in total. The highest BCUT2D eigenvalue weighted by molar-refractivity contribution is 6.31. The molecule has 1 aliphatic rings. The van der Waals surface area contributed by atoms with Gasteiger partial charge in [-0.05, 0) is 50.0 Å². The van der Waals surface area contributed by atoms with Crippen LogP contribution >= 0.6 is 11.6 Å². The van der Waals surface area contributed by atoms with Crippen molar-refractivity contribution in [2.24, 2.45) is 5.92 Å². The average molecular weight is 285 g/mol. The smallest absolute Gasteiger partial charge is 0.142 e. The van der Waals surface area contributed by atoms with Gasteiger partial charge in [0.05, 0.1) is 5.02 Å². The van der Waals surface area contributed by atoms with Crippen LogP contribution in [0.15, 0.2) is 18.2 Å². The van der Waals surface area contributed by atoms with Gasteiger partial charge < -0.3 is 10.2 Å². The van der Waals surface area contributed by atoms with Crippen LogP contribution in [0.4, 0.5) is 4.39 Å². The second-order valence-electron chi connectivity index (χ2n) is 5.46. The summed E-state index contributed by atoms with van der Waals surface area (Å²) in [5.74, 6) is 0.261. The molecule has 106 valence electrons. The van der Waals surface area contributed by atoms with Gasteiger partial charge in [0, 0.05) is 13.1 Å². The Bertz CT molecular complexity index is 405. The number of hydrogen-bond donors (Lipinski definition) is 1. The molecule has 2 rings (SSSR count). The summed E-state index contributed by atoms with van der Waals surface area (Å²) >= 11 is 5.92. The first-order valence-electron chi connectivity index (χ1n) is 7.03. The molecule has 0 amide bonds. The molecule has 1 unspecified atom stereocenters. The van der Waals surface area contributed by atoms with E-state index in [-0.39, 0.29) is 10.8 Å². The maximum absolute atomic E-state index is 13.3. The van der Waals surface area contributed by atoms with Gasteiger partial charge in [-0.3, -0.25) is 0 Å². The quantitative estimate of drug-likeness (QED) is 0.862. The number of halogens is 2. The van der Waals surface area contributed by atoms with E-state index in [0.717, 1.165) is 18.7 Å². The lowest BCUT2D eigenvalue weighted by atomic mass is 10.1. The van der Waals surface area contributed by atoms with Crippen LogP contribution in [-0.2, 0) is 6.54 Å². The third-order valence-electron chi connectivity index (χ3n) is 3.61. The van der Waals surface area contributed by atoms with E-state index in [1.807, 2.05) is 6.07 Å². The fourth-order valence-electron chi connectivity index (χ4n) is 2.61. The zero-order valence-corrected chi connectivity index (χ0v) is 12.2. The molecule has 0 spiro atoms. The lowest BCUT2D eigenvalue weighted by molar-refractivity contribution is 0.282. The minimum absolute atomic E-state index is 0.238. The summed E-state index contributed by atoms with van der Waals surface area (Å²) in [6.07, 6.45) is 2.66. The summed E-state index contributed by atoms with van der Waals surface area (Å²) in [6.45, 7) is 7.42. The lowest BCUT2D eigenvalue weighted by Gasteiger charge is -2.20. The molecule has 0 bridgehead atoms. The van der Waals surface area contributed by atoms with Crippen LogP contribution in [0.1, 0.15) is 25.3 Å². The summed E-state index contributed by atoms with van der Waals surface area (Å²) in [6, 6.07) is 4.96. The molecule has 1 heterocycles. The Morgan fingerprint density at radius 2 is 2.11 bits per heavy atom. The zero-order chi connectivity index (χ0) is 13.7. The lowest BCUT2D eigenvalue weighted by Crippen LogP contribution is -2.31. The molecular formula is C15H22ClFN2. The van der Waals surface area contributed by atoms with E-state index in [1.54, 1.807) is 6.07 Å². The summed E-state index contributed by atoms with van der Waals surface area (Å²) in [5.41, 5.74) is 0.829. The number of likely N-dealkylation sites (tertiary alicyclic amines) is 1. The Hall–Kier alpha value is -0.640. The predicted molar refractivity (Wildman–Crippen MR) is 78.0 cm³/mol. The highest BCUT2D eigenvalue weighted by Crippen LogP contribution is 2.19. The Morgan fingerprint density at radius 1 is 1.37 bits per heavy atom. The summed E-state index contributed by atoms with van der Waals surface area (Å²) in [7, 11) is 0. The van der Waals surface area contributed by atoms with Crippen molar-refractivity contribution in [2.45, 2.75) is 26.3 Å². The van der Waals surface area contributed by atoms with Gasteiger partial charge >= 0.3 is 0 Å². The molecule has 1 aromatic carbocycles. The van der Waals surface area contributed by atoms with Crippen molar-refractivity contribution in [2.75, 3.05) is 26.2 Å². The van der Waals surface area contributed by atoms with Crippen molar-refractivity contribution in [3.8, 4) is 0 Å². The van der Waals surface area contributed by atoms with Crippen molar-refractivity contribution in [1.82, 2.24) is 10.2 Å². The molecule has 2 nitrogen and oxygen atoms in total. The third-order valence-corrected chi connectivity index (χ3v) is 4.03. The molecular weight excluding hydrogens is 263 g/mol. The first-order chi connectivity index (χ1) is 9.16. The molecule has 0 saturated carbocycles. The fourth-order valence-corrected chi connectivity index (χ4v) is 2.80. The van der Waals surface area contributed by atoms with Crippen molar-refractivity contribution in [3.63, 3.8) is 0 Å². The Morgan fingerprint density at radius 3 is 2.84 bits per heavy atom. The average Bonchev–Trinajstić information content (AvgIpc) is 2.87. The van der Waals surface area contributed by atoms with Crippen LogP contribution in [0.25, 0.3) is 0 Å². The van der Waals surface area contributed by atoms with E-state index in [9.17, 15) is 4.39 Å². The van der Waals surface area contributed by atoms with Gasteiger partial charge in [-0.15, -0.1) is 0 Å². The highest BCUT2D eigenvalue weighted by atomic mass is 35.5. The van der Waals surface area contributed by atoms with E-state index in [1.165, 1.54) is 32.0 Å². The Labute approximate surface area is 119 Å². The van der Waals surface area contributed by atoms with Crippen LogP contribution < -0.4 is 5.32 Å².